The molecule has 0 radical (unpaired) electrons. The molecular weight excluding hydrogens is 331 g/mol. The topological polar surface area (TPSA) is 67.4 Å². The highest BCUT2D eigenvalue weighted by Crippen LogP contribution is 2.27. The number of halogens is 1. The van der Waals surface area contributed by atoms with Gasteiger partial charge in [0.25, 0.3) is 0 Å². The first kappa shape index (κ1) is 16.9. The highest BCUT2D eigenvalue weighted by atomic mass is 32.2. The molecule has 0 saturated heterocycles. The molecule has 0 aromatic heterocycles. The molecule has 0 spiro atoms. The lowest BCUT2D eigenvalue weighted by atomic mass is 9.99. The molecule has 24 heavy (non-hydrogen) atoms. The van der Waals surface area contributed by atoms with Crippen LogP contribution in [0.15, 0.2) is 30.4 Å². The van der Waals surface area contributed by atoms with Gasteiger partial charge in [0.2, 0.25) is 5.91 Å². The van der Waals surface area contributed by atoms with Gasteiger partial charge in [0, 0.05) is 40.4 Å². The molecule has 0 saturated carbocycles. The van der Waals surface area contributed by atoms with E-state index in [-0.39, 0.29) is 17.8 Å². The predicted molar refractivity (Wildman–Crippen MR) is 91.5 cm³/mol. The minimum absolute atomic E-state index is 0.127. The number of benzene rings is 1. The summed E-state index contributed by atoms with van der Waals surface area (Å²) in [6.07, 6.45) is 4.01. The van der Waals surface area contributed by atoms with Gasteiger partial charge in [-0.3, -0.25) is 19.3 Å². The molecule has 1 aromatic rings. The zero-order valence-corrected chi connectivity index (χ0v) is 14.1. The second-order valence-corrected chi connectivity index (χ2v) is 7.38. The van der Waals surface area contributed by atoms with E-state index in [4.69, 9.17) is 4.84 Å². The average molecular weight is 350 g/mol. The lowest BCUT2D eigenvalue weighted by Gasteiger charge is -2.14. The Bertz CT molecular complexity index is 745. The molecule has 2 aliphatic heterocycles. The SMILES string of the molecule is CC(=O)NCC1C=C(c2ccc(C3=CCS(=O)CC3)c(F)c2)NO1. The Labute approximate surface area is 142 Å². The van der Waals surface area contributed by atoms with Gasteiger partial charge in [-0.1, -0.05) is 18.2 Å². The molecular formula is C17H19FN2O3S. The number of carbonyl (C=O) groups excluding carboxylic acids is 1. The molecule has 2 heterocycles. The number of allylic oxidation sites excluding steroid dienone is 1. The zero-order chi connectivity index (χ0) is 17.1. The van der Waals surface area contributed by atoms with E-state index in [1.165, 1.54) is 13.0 Å². The van der Waals surface area contributed by atoms with E-state index in [2.05, 4.69) is 10.8 Å². The summed E-state index contributed by atoms with van der Waals surface area (Å²) < 4.78 is 25.9. The Hall–Kier alpha value is -1.99. The van der Waals surface area contributed by atoms with E-state index >= 15 is 0 Å². The van der Waals surface area contributed by atoms with Crippen molar-refractivity contribution in [2.75, 3.05) is 18.1 Å². The summed E-state index contributed by atoms with van der Waals surface area (Å²) in [5.74, 6) is 0.636. The molecule has 0 aliphatic carbocycles. The lowest BCUT2D eigenvalue weighted by molar-refractivity contribution is -0.119. The van der Waals surface area contributed by atoms with Crippen molar-refractivity contribution < 1.29 is 18.2 Å². The number of carbonyl (C=O) groups is 1. The van der Waals surface area contributed by atoms with Crippen molar-refractivity contribution in [2.45, 2.75) is 19.4 Å². The lowest BCUT2D eigenvalue weighted by Crippen LogP contribution is -2.30. The Morgan fingerprint density at radius 3 is 3.00 bits per heavy atom. The Balaban J connectivity index is 1.74. The summed E-state index contributed by atoms with van der Waals surface area (Å²) in [6, 6.07) is 5.03. The summed E-state index contributed by atoms with van der Waals surface area (Å²) in [7, 11) is -0.822. The van der Waals surface area contributed by atoms with Crippen LogP contribution in [0.1, 0.15) is 24.5 Å². The van der Waals surface area contributed by atoms with Crippen LogP contribution in [0.3, 0.4) is 0 Å². The van der Waals surface area contributed by atoms with Gasteiger partial charge in [-0.05, 0) is 24.1 Å². The molecule has 2 aliphatic rings. The summed E-state index contributed by atoms with van der Waals surface area (Å²) in [5, 5.41) is 2.67. The van der Waals surface area contributed by atoms with Crippen molar-refractivity contribution in [3.05, 3.63) is 47.3 Å². The molecule has 0 fully saturated rings. The molecule has 7 heteroatoms. The number of rotatable bonds is 4. The second kappa shape index (κ2) is 7.27. The molecule has 128 valence electrons. The maximum atomic E-state index is 14.5. The maximum absolute atomic E-state index is 14.5. The highest BCUT2D eigenvalue weighted by Gasteiger charge is 2.20. The first-order valence-electron chi connectivity index (χ1n) is 7.75. The quantitative estimate of drug-likeness (QED) is 0.868. The molecule has 2 unspecified atom stereocenters. The molecule has 0 bridgehead atoms. The summed E-state index contributed by atoms with van der Waals surface area (Å²) in [4.78, 5) is 16.3. The molecule has 3 rings (SSSR count). The van der Waals surface area contributed by atoms with Crippen LogP contribution in [0.4, 0.5) is 4.39 Å². The third-order valence-corrected chi connectivity index (χ3v) is 5.16. The molecule has 2 N–H and O–H groups in total. The van der Waals surface area contributed by atoms with Crippen molar-refractivity contribution in [1.82, 2.24) is 10.8 Å². The molecule has 1 aromatic carbocycles. The normalized spacial score (nSPS) is 23.2. The zero-order valence-electron chi connectivity index (χ0n) is 13.3. The Kier molecular flexibility index (Phi) is 5.11. The van der Waals surface area contributed by atoms with E-state index in [0.717, 1.165) is 5.57 Å². The van der Waals surface area contributed by atoms with Crippen molar-refractivity contribution in [3.8, 4) is 0 Å². The largest absolute Gasteiger partial charge is 0.353 e. The third kappa shape index (κ3) is 3.91. The van der Waals surface area contributed by atoms with E-state index < -0.39 is 10.8 Å². The van der Waals surface area contributed by atoms with Crippen LogP contribution < -0.4 is 10.8 Å². The van der Waals surface area contributed by atoms with Crippen molar-refractivity contribution in [3.63, 3.8) is 0 Å². The van der Waals surface area contributed by atoms with Gasteiger partial charge < -0.3 is 5.32 Å². The second-order valence-electron chi connectivity index (χ2n) is 5.76. The van der Waals surface area contributed by atoms with Crippen LogP contribution in [0, 0.1) is 5.82 Å². The van der Waals surface area contributed by atoms with Gasteiger partial charge in [-0.25, -0.2) is 4.39 Å². The van der Waals surface area contributed by atoms with E-state index in [1.807, 2.05) is 18.2 Å². The van der Waals surface area contributed by atoms with Crippen LogP contribution in [-0.2, 0) is 20.4 Å². The minimum atomic E-state index is -0.822. The van der Waals surface area contributed by atoms with Crippen LogP contribution in [-0.4, -0.2) is 34.3 Å². The summed E-state index contributed by atoms with van der Waals surface area (Å²) >= 11 is 0. The van der Waals surface area contributed by atoms with E-state index in [1.54, 1.807) is 6.07 Å². The fourth-order valence-electron chi connectivity index (χ4n) is 2.68. The number of hydroxylamine groups is 1. The molecule has 2 atom stereocenters. The Morgan fingerprint density at radius 1 is 1.50 bits per heavy atom. The van der Waals surface area contributed by atoms with Crippen LogP contribution in [0.2, 0.25) is 0 Å². The monoisotopic (exact) mass is 350 g/mol. The van der Waals surface area contributed by atoms with Gasteiger partial charge in [0.1, 0.15) is 11.9 Å². The third-order valence-electron chi connectivity index (χ3n) is 3.97. The summed E-state index contributed by atoms with van der Waals surface area (Å²) in [6.45, 7) is 1.80. The number of amides is 1. The molecule has 1 amide bonds. The van der Waals surface area contributed by atoms with Crippen molar-refractivity contribution >= 4 is 28.0 Å². The van der Waals surface area contributed by atoms with Gasteiger partial charge in [0.05, 0.1) is 12.2 Å². The summed E-state index contributed by atoms with van der Waals surface area (Å²) in [5.41, 5.74) is 5.59. The highest BCUT2D eigenvalue weighted by molar-refractivity contribution is 7.85. The predicted octanol–water partition coefficient (Wildman–Crippen LogP) is 1.74. The van der Waals surface area contributed by atoms with Gasteiger partial charge in [-0.2, -0.15) is 0 Å². The van der Waals surface area contributed by atoms with Crippen molar-refractivity contribution in [2.24, 2.45) is 0 Å². The van der Waals surface area contributed by atoms with E-state index in [0.29, 0.717) is 41.3 Å². The van der Waals surface area contributed by atoms with Gasteiger partial charge in [0.15, 0.2) is 0 Å². The maximum Gasteiger partial charge on any atom is 0.216 e. The Morgan fingerprint density at radius 2 is 2.33 bits per heavy atom. The number of hydrogen-bond donors (Lipinski definition) is 2. The van der Waals surface area contributed by atoms with Crippen molar-refractivity contribution in [1.29, 1.82) is 0 Å². The first-order chi connectivity index (χ1) is 11.5. The standard InChI is InChI=1S/C17H19FN2O3S/c1-11(21)19-10-14-9-17(20-23-14)13-2-3-15(16(18)8-13)12-4-6-24(22)7-5-12/h2-4,8-9,14,20H,5-7,10H2,1H3,(H,19,21). The smallest absolute Gasteiger partial charge is 0.216 e. The van der Waals surface area contributed by atoms with Crippen LogP contribution in [0.5, 0.6) is 0 Å². The first-order valence-corrected chi connectivity index (χ1v) is 9.24. The van der Waals surface area contributed by atoms with Crippen LogP contribution >= 0.6 is 0 Å². The number of hydrogen-bond acceptors (Lipinski definition) is 4. The minimum Gasteiger partial charge on any atom is -0.353 e. The van der Waals surface area contributed by atoms with E-state index in [9.17, 15) is 13.4 Å². The fourth-order valence-corrected chi connectivity index (χ4v) is 3.68. The fraction of sp³-hybridized carbons (Fsp3) is 0.353. The number of nitrogens with one attached hydrogen (secondary N) is 2. The van der Waals surface area contributed by atoms with Gasteiger partial charge in [-0.15, -0.1) is 0 Å². The van der Waals surface area contributed by atoms with Gasteiger partial charge >= 0.3 is 0 Å². The molecule has 5 nitrogen and oxygen atoms in total. The average Bonchev–Trinajstić information content (AvgIpc) is 3.03. The van der Waals surface area contributed by atoms with Crippen LogP contribution in [0.25, 0.3) is 11.3 Å².